The lowest BCUT2D eigenvalue weighted by Gasteiger charge is -2.29. The van der Waals surface area contributed by atoms with E-state index in [0.29, 0.717) is 5.41 Å². The largest absolute Gasteiger partial charge is 0.385 e. The van der Waals surface area contributed by atoms with Crippen molar-refractivity contribution in [2.45, 2.75) is 32.1 Å². The number of hydrogen-bond donors (Lipinski definition) is 2. The maximum atomic E-state index is 5.21. The zero-order valence-electron chi connectivity index (χ0n) is 11.2. The molecular weight excluding hydrogens is 329 g/mol. The second-order valence-corrected chi connectivity index (χ2v) is 4.63. The van der Waals surface area contributed by atoms with Crippen LogP contribution in [0.15, 0.2) is 4.99 Å². The first-order chi connectivity index (χ1) is 7.76. The van der Waals surface area contributed by atoms with Crippen molar-refractivity contribution in [1.82, 2.24) is 10.6 Å². The highest BCUT2D eigenvalue weighted by Gasteiger charge is 2.33. The molecule has 17 heavy (non-hydrogen) atoms. The number of ether oxygens (including phenoxy) is 1. The van der Waals surface area contributed by atoms with E-state index in [2.05, 4.69) is 15.6 Å². The van der Waals surface area contributed by atoms with Gasteiger partial charge < -0.3 is 15.4 Å². The Morgan fingerprint density at radius 3 is 2.47 bits per heavy atom. The quantitative estimate of drug-likeness (QED) is 0.451. The minimum absolute atomic E-state index is 0. The Morgan fingerprint density at radius 1 is 1.35 bits per heavy atom. The minimum Gasteiger partial charge on any atom is -0.385 e. The highest BCUT2D eigenvalue weighted by molar-refractivity contribution is 14.0. The zero-order valence-corrected chi connectivity index (χ0v) is 13.5. The van der Waals surface area contributed by atoms with Crippen LogP contribution in [-0.2, 0) is 4.74 Å². The highest BCUT2D eigenvalue weighted by atomic mass is 127. The Hall–Kier alpha value is -0.0400. The number of nitrogens with one attached hydrogen (secondary N) is 2. The maximum Gasteiger partial charge on any atom is 0.190 e. The molecule has 1 fully saturated rings. The number of halogens is 1. The summed E-state index contributed by atoms with van der Waals surface area (Å²) in [5, 5.41) is 6.45. The molecule has 0 aliphatic heterocycles. The van der Waals surface area contributed by atoms with Crippen LogP contribution < -0.4 is 10.6 Å². The molecule has 0 heterocycles. The molecule has 0 bridgehead atoms. The second-order valence-electron chi connectivity index (χ2n) is 4.63. The lowest BCUT2D eigenvalue weighted by Crippen LogP contribution is -2.42. The molecule has 0 aromatic heterocycles. The smallest absolute Gasteiger partial charge is 0.190 e. The van der Waals surface area contributed by atoms with Gasteiger partial charge in [0.25, 0.3) is 0 Å². The molecule has 5 heteroatoms. The van der Waals surface area contributed by atoms with Gasteiger partial charge in [-0.05, 0) is 24.7 Å². The molecule has 0 aromatic rings. The van der Waals surface area contributed by atoms with Gasteiger partial charge in [-0.2, -0.15) is 0 Å². The number of hydrogen-bond acceptors (Lipinski definition) is 2. The average Bonchev–Trinajstić information content (AvgIpc) is 2.77. The van der Waals surface area contributed by atoms with Crippen molar-refractivity contribution in [1.29, 1.82) is 0 Å². The van der Waals surface area contributed by atoms with Crippen LogP contribution >= 0.6 is 24.0 Å². The molecule has 1 saturated carbocycles. The van der Waals surface area contributed by atoms with Crippen molar-refractivity contribution in [2.75, 3.05) is 34.4 Å². The Labute approximate surface area is 122 Å². The fraction of sp³-hybridized carbons (Fsp3) is 0.917. The van der Waals surface area contributed by atoms with Crippen LogP contribution in [-0.4, -0.2) is 40.3 Å². The van der Waals surface area contributed by atoms with Crippen LogP contribution in [0.5, 0.6) is 0 Å². The van der Waals surface area contributed by atoms with E-state index in [1.807, 2.05) is 7.05 Å². The molecule has 0 spiro atoms. The Kier molecular flexibility index (Phi) is 8.94. The van der Waals surface area contributed by atoms with Gasteiger partial charge in [0.05, 0.1) is 0 Å². The maximum absolute atomic E-state index is 5.21. The normalized spacial score (nSPS) is 18.6. The van der Waals surface area contributed by atoms with Crippen LogP contribution in [0.3, 0.4) is 0 Å². The van der Waals surface area contributed by atoms with E-state index in [4.69, 9.17) is 4.74 Å². The predicted octanol–water partition coefficient (Wildman–Crippen LogP) is 2.00. The van der Waals surface area contributed by atoms with E-state index < -0.39 is 0 Å². The Morgan fingerprint density at radius 2 is 2.00 bits per heavy atom. The molecule has 102 valence electrons. The van der Waals surface area contributed by atoms with Gasteiger partial charge in [-0.15, -0.1) is 24.0 Å². The first-order valence-corrected chi connectivity index (χ1v) is 6.14. The molecule has 0 unspecified atom stereocenters. The minimum atomic E-state index is 0. The Balaban J connectivity index is 0.00000256. The fourth-order valence-corrected chi connectivity index (χ4v) is 2.51. The molecule has 1 rings (SSSR count). The summed E-state index contributed by atoms with van der Waals surface area (Å²) in [5.74, 6) is 0.878. The first-order valence-electron chi connectivity index (χ1n) is 6.14. The van der Waals surface area contributed by atoms with Gasteiger partial charge in [-0.1, -0.05) is 12.8 Å². The van der Waals surface area contributed by atoms with E-state index >= 15 is 0 Å². The van der Waals surface area contributed by atoms with Crippen molar-refractivity contribution in [2.24, 2.45) is 10.4 Å². The van der Waals surface area contributed by atoms with Gasteiger partial charge in [-0.3, -0.25) is 4.99 Å². The molecular formula is C12H26IN3O. The van der Waals surface area contributed by atoms with Crippen molar-refractivity contribution in [3.05, 3.63) is 0 Å². The van der Waals surface area contributed by atoms with Crippen LogP contribution in [0.4, 0.5) is 0 Å². The summed E-state index contributed by atoms with van der Waals surface area (Å²) in [4.78, 5) is 4.14. The molecule has 0 atom stereocenters. The van der Waals surface area contributed by atoms with E-state index in [9.17, 15) is 0 Å². The molecule has 0 radical (unpaired) electrons. The SMILES string of the molecule is CN=C(NC)NCC1(CCOC)CCCC1.I. The topological polar surface area (TPSA) is 45.7 Å². The summed E-state index contributed by atoms with van der Waals surface area (Å²) in [5.41, 5.74) is 0.419. The molecule has 0 saturated heterocycles. The monoisotopic (exact) mass is 355 g/mol. The molecule has 0 amide bonds. The fourth-order valence-electron chi connectivity index (χ4n) is 2.51. The zero-order chi connectivity index (χ0) is 11.9. The van der Waals surface area contributed by atoms with Crippen LogP contribution in [0.25, 0.3) is 0 Å². The van der Waals surface area contributed by atoms with Crippen LogP contribution in [0.1, 0.15) is 32.1 Å². The number of rotatable bonds is 5. The van der Waals surface area contributed by atoms with Crippen molar-refractivity contribution >= 4 is 29.9 Å². The van der Waals surface area contributed by atoms with Crippen molar-refractivity contribution < 1.29 is 4.74 Å². The first kappa shape index (κ1) is 17.0. The lowest BCUT2D eigenvalue weighted by molar-refractivity contribution is 0.138. The van der Waals surface area contributed by atoms with Gasteiger partial charge in [0, 0.05) is 34.4 Å². The summed E-state index contributed by atoms with van der Waals surface area (Å²) in [6.45, 7) is 1.86. The van der Waals surface area contributed by atoms with Crippen LogP contribution in [0.2, 0.25) is 0 Å². The number of nitrogens with zero attached hydrogens (tertiary/aromatic N) is 1. The molecule has 1 aliphatic rings. The van der Waals surface area contributed by atoms with Gasteiger partial charge in [0.15, 0.2) is 5.96 Å². The summed E-state index contributed by atoms with van der Waals surface area (Å²) < 4.78 is 5.21. The summed E-state index contributed by atoms with van der Waals surface area (Å²) in [7, 11) is 5.48. The molecule has 0 aromatic carbocycles. The summed E-state index contributed by atoms with van der Waals surface area (Å²) in [6, 6.07) is 0. The van der Waals surface area contributed by atoms with E-state index in [0.717, 1.165) is 25.5 Å². The third-order valence-corrected chi connectivity index (χ3v) is 3.59. The lowest BCUT2D eigenvalue weighted by atomic mass is 9.83. The van der Waals surface area contributed by atoms with Crippen molar-refractivity contribution in [3.63, 3.8) is 0 Å². The molecule has 4 nitrogen and oxygen atoms in total. The molecule has 2 N–H and O–H groups in total. The summed E-state index contributed by atoms with van der Waals surface area (Å²) >= 11 is 0. The molecule has 1 aliphatic carbocycles. The third-order valence-electron chi connectivity index (χ3n) is 3.59. The van der Waals surface area contributed by atoms with E-state index in [-0.39, 0.29) is 24.0 Å². The van der Waals surface area contributed by atoms with Gasteiger partial charge in [0.1, 0.15) is 0 Å². The van der Waals surface area contributed by atoms with Crippen LogP contribution in [0, 0.1) is 5.41 Å². The van der Waals surface area contributed by atoms with Crippen molar-refractivity contribution in [3.8, 4) is 0 Å². The third kappa shape index (κ3) is 5.42. The van der Waals surface area contributed by atoms with Gasteiger partial charge >= 0.3 is 0 Å². The number of guanidine groups is 1. The standard InChI is InChI=1S/C12H25N3O.HI/c1-13-11(14-2)15-10-12(8-9-16-3)6-4-5-7-12;/h4-10H2,1-3H3,(H2,13,14,15);1H. The highest BCUT2D eigenvalue weighted by Crippen LogP contribution is 2.40. The second kappa shape index (κ2) is 8.97. The van der Waals surface area contributed by atoms with Gasteiger partial charge in [-0.25, -0.2) is 0 Å². The number of aliphatic imine (C=N–C) groups is 1. The van der Waals surface area contributed by atoms with E-state index in [1.165, 1.54) is 25.7 Å². The number of methoxy groups -OCH3 is 1. The van der Waals surface area contributed by atoms with Gasteiger partial charge in [0.2, 0.25) is 0 Å². The van der Waals surface area contributed by atoms with E-state index in [1.54, 1.807) is 14.2 Å². The Bertz CT molecular complexity index is 228. The predicted molar refractivity (Wildman–Crippen MR) is 83.2 cm³/mol. The summed E-state index contributed by atoms with van der Waals surface area (Å²) in [6.07, 6.45) is 6.47. The average molecular weight is 355 g/mol.